The van der Waals surface area contributed by atoms with E-state index in [-0.39, 0.29) is 17.4 Å². The smallest absolute Gasteiger partial charge is 0.293 e. The highest BCUT2D eigenvalue weighted by molar-refractivity contribution is 7.14. The molecular weight excluding hydrogens is 442 g/mol. The highest BCUT2D eigenvalue weighted by atomic mass is 32.1. The van der Waals surface area contributed by atoms with Gasteiger partial charge in [-0.15, -0.1) is 11.3 Å². The molecule has 2 aromatic rings. The molecule has 9 nitrogen and oxygen atoms in total. The van der Waals surface area contributed by atoms with Crippen molar-refractivity contribution in [3.63, 3.8) is 0 Å². The number of anilines is 1. The Morgan fingerprint density at radius 2 is 1.85 bits per heavy atom. The second-order valence-corrected chi connectivity index (χ2v) is 9.74. The summed E-state index contributed by atoms with van der Waals surface area (Å²) in [6.07, 6.45) is 3.56. The van der Waals surface area contributed by atoms with Crippen molar-refractivity contribution in [2.45, 2.75) is 46.1 Å². The highest BCUT2D eigenvalue weighted by Gasteiger charge is 2.19. The number of carbonyl (C=O) groups excluding carboxylic acids is 3. The lowest BCUT2D eigenvalue weighted by Gasteiger charge is -2.35. The number of nitrogens with two attached hydrogens (primary N) is 1. The Morgan fingerprint density at radius 3 is 2.33 bits per heavy atom. The Balaban J connectivity index is 0.000000479. The molecule has 0 radical (unpaired) electrons. The number of nitrogen functional groups attached to an aromatic ring is 1. The molecule has 10 heteroatoms. The van der Waals surface area contributed by atoms with Crippen molar-refractivity contribution in [1.29, 1.82) is 0 Å². The maximum Gasteiger partial charge on any atom is 0.293 e. The summed E-state index contributed by atoms with van der Waals surface area (Å²) in [6.45, 7) is 10.7. The maximum absolute atomic E-state index is 11.5. The molecule has 33 heavy (non-hydrogen) atoms. The van der Waals surface area contributed by atoms with E-state index >= 15 is 0 Å². The number of hydrogen-bond acceptors (Lipinski definition) is 8. The fourth-order valence-corrected chi connectivity index (χ4v) is 4.04. The molecule has 0 aliphatic carbocycles. The van der Waals surface area contributed by atoms with Crippen molar-refractivity contribution in [3.05, 3.63) is 45.9 Å². The number of pyridine rings is 1. The first-order chi connectivity index (χ1) is 15.6. The summed E-state index contributed by atoms with van der Waals surface area (Å²) in [5, 5.41) is 0. The van der Waals surface area contributed by atoms with E-state index in [0.717, 1.165) is 55.3 Å². The van der Waals surface area contributed by atoms with Gasteiger partial charge in [0.2, 0.25) is 5.91 Å². The van der Waals surface area contributed by atoms with E-state index in [9.17, 15) is 14.4 Å². The number of nitrogens with zero attached hydrogens (tertiary/aromatic N) is 3. The van der Waals surface area contributed by atoms with E-state index < -0.39 is 0 Å². The van der Waals surface area contributed by atoms with Crippen LogP contribution in [0.4, 0.5) is 5.69 Å². The Hall–Kier alpha value is -2.98. The van der Waals surface area contributed by atoms with Crippen LogP contribution in [0.15, 0.2) is 30.5 Å². The normalized spacial score (nSPS) is 13.6. The van der Waals surface area contributed by atoms with Crippen molar-refractivity contribution in [2.75, 3.05) is 31.1 Å². The van der Waals surface area contributed by atoms with E-state index in [2.05, 4.69) is 26.1 Å². The van der Waals surface area contributed by atoms with Gasteiger partial charge in [0.05, 0.1) is 16.8 Å². The van der Waals surface area contributed by atoms with Gasteiger partial charge < -0.3 is 14.5 Å². The van der Waals surface area contributed by atoms with Crippen LogP contribution in [0.25, 0.3) is 0 Å². The molecule has 3 rings (SSSR count). The van der Waals surface area contributed by atoms with Crippen molar-refractivity contribution < 1.29 is 19.1 Å². The molecule has 1 saturated heterocycles. The van der Waals surface area contributed by atoms with Gasteiger partial charge in [-0.1, -0.05) is 0 Å². The second kappa shape index (κ2) is 12.3. The molecule has 0 saturated carbocycles. The predicted octanol–water partition coefficient (Wildman–Crippen LogP) is 2.16. The van der Waals surface area contributed by atoms with Gasteiger partial charge in [-0.25, -0.2) is 5.84 Å². The van der Waals surface area contributed by atoms with E-state index in [4.69, 9.17) is 5.84 Å². The molecular formula is C23H33N5O4S. The summed E-state index contributed by atoms with van der Waals surface area (Å²) >= 11 is 1.45. The second-order valence-electron chi connectivity index (χ2n) is 8.57. The topological polar surface area (TPSA) is 118 Å². The van der Waals surface area contributed by atoms with E-state index in [0.29, 0.717) is 11.3 Å². The van der Waals surface area contributed by atoms with Crippen molar-refractivity contribution >= 4 is 35.3 Å². The molecule has 3 N–H and O–H groups in total. The highest BCUT2D eigenvalue weighted by Crippen LogP contribution is 2.20. The average Bonchev–Trinajstić information content (AvgIpc) is 3.26. The first-order valence-electron chi connectivity index (χ1n) is 10.8. The summed E-state index contributed by atoms with van der Waals surface area (Å²) in [5.74, 6) is 5.03. The summed E-state index contributed by atoms with van der Waals surface area (Å²) in [4.78, 5) is 42.9. The minimum Gasteiger partial charge on any atom is -0.462 e. The number of nitrogens with one attached hydrogen (secondary N) is 1. The van der Waals surface area contributed by atoms with Crippen molar-refractivity contribution in [1.82, 2.24) is 15.3 Å². The van der Waals surface area contributed by atoms with Crippen LogP contribution in [0.5, 0.6) is 0 Å². The Morgan fingerprint density at radius 1 is 1.15 bits per heavy atom. The molecule has 0 unspecified atom stereocenters. The molecule has 3 heterocycles. The molecule has 1 aliphatic heterocycles. The fourth-order valence-electron chi connectivity index (χ4n) is 3.13. The molecule has 0 bridgehead atoms. The van der Waals surface area contributed by atoms with Gasteiger partial charge in [0.15, 0.2) is 0 Å². The molecule has 180 valence electrons. The van der Waals surface area contributed by atoms with Gasteiger partial charge >= 0.3 is 0 Å². The van der Waals surface area contributed by atoms with Crippen LogP contribution in [0.1, 0.15) is 47.9 Å². The number of rotatable bonds is 6. The number of aromatic nitrogens is 1. The Bertz CT molecular complexity index is 916. The average molecular weight is 476 g/mol. The lowest BCUT2D eigenvalue weighted by Crippen LogP contribution is -2.48. The zero-order chi connectivity index (χ0) is 24.4. The Labute approximate surface area is 198 Å². The number of thiophene rings is 1. The SMILES string of the molecule is CC(=O)N1CCN(c2ccc(CCc3ccc(C(=O)NN)s3)nc2)CC1.CC(C)(C)OC=O. The minimum atomic E-state index is -0.318. The van der Waals surface area contributed by atoms with Crippen LogP contribution >= 0.6 is 11.3 Å². The van der Waals surface area contributed by atoms with Gasteiger partial charge in [0.25, 0.3) is 12.4 Å². The maximum atomic E-state index is 11.5. The lowest BCUT2D eigenvalue weighted by molar-refractivity contribution is -0.138. The zero-order valence-electron chi connectivity index (χ0n) is 19.7. The molecule has 1 fully saturated rings. The van der Waals surface area contributed by atoms with Crippen LogP contribution in [0.3, 0.4) is 0 Å². The monoisotopic (exact) mass is 475 g/mol. The summed E-state index contributed by atoms with van der Waals surface area (Å²) in [6, 6.07) is 7.89. The summed E-state index contributed by atoms with van der Waals surface area (Å²) in [7, 11) is 0. The van der Waals surface area contributed by atoms with Crippen molar-refractivity contribution in [2.24, 2.45) is 5.84 Å². The fraction of sp³-hybridized carbons (Fsp3) is 0.478. The van der Waals surface area contributed by atoms with Gasteiger partial charge in [-0.05, 0) is 57.9 Å². The number of amides is 2. The van der Waals surface area contributed by atoms with Crippen LogP contribution < -0.4 is 16.2 Å². The van der Waals surface area contributed by atoms with E-state index in [1.807, 2.05) is 44.0 Å². The third-order valence-electron chi connectivity index (χ3n) is 4.95. The quantitative estimate of drug-likeness (QED) is 0.284. The van der Waals surface area contributed by atoms with Crippen LogP contribution in [0, 0.1) is 0 Å². The largest absolute Gasteiger partial charge is 0.462 e. The van der Waals surface area contributed by atoms with Gasteiger partial charge in [0, 0.05) is 43.7 Å². The van der Waals surface area contributed by atoms with Crippen LogP contribution in [-0.4, -0.2) is 60.0 Å². The third kappa shape index (κ3) is 8.82. The first kappa shape index (κ1) is 26.3. The molecule has 2 aromatic heterocycles. The van der Waals surface area contributed by atoms with Crippen molar-refractivity contribution in [3.8, 4) is 0 Å². The summed E-state index contributed by atoms with van der Waals surface area (Å²) < 4.78 is 4.55. The Kier molecular flexibility index (Phi) is 9.80. The van der Waals surface area contributed by atoms with Gasteiger partial charge in [0.1, 0.15) is 5.60 Å². The summed E-state index contributed by atoms with van der Waals surface area (Å²) in [5.41, 5.74) is 3.94. The first-order valence-corrected chi connectivity index (χ1v) is 11.6. The van der Waals surface area contributed by atoms with Crippen LogP contribution in [0.2, 0.25) is 0 Å². The predicted molar refractivity (Wildman–Crippen MR) is 129 cm³/mol. The standard InChI is InChI=1S/C18H23N5O2S.C5H10O2/c1-13(24)22-8-10-23(11-9-22)15-4-2-14(20-12-15)3-5-16-6-7-17(26-16)18(25)21-19;1-5(2,3)7-4-6/h2,4,6-7,12H,3,5,8-11,19H2,1H3,(H,21,25);4H,1-3H3. The number of hydrogen-bond donors (Lipinski definition) is 2. The lowest BCUT2D eigenvalue weighted by atomic mass is 10.2. The molecule has 0 spiro atoms. The third-order valence-corrected chi connectivity index (χ3v) is 6.09. The molecule has 1 aliphatic rings. The molecule has 0 atom stereocenters. The van der Waals surface area contributed by atoms with Crippen LogP contribution in [-0.2, 0) is 27.2 Å². The number of carbonyl (C=O) groups is 3. The van der Waals surface area contributed by atoms with Gasteiger partial charge in [-0.3, -0.25) is 24.8 Å². The number of piperazine rings is 1. The van der Waals surface area contributed by atoms with Gasteiger partial charge in [-0.2, -0.15) is 0 Å². The molecule has 0 aromatic carbocycles. The van der Waals surface area contributed by atoms with E-state index in [1.165, 1.54) is 11.3 Å². The number of ether oxygens (including phenoxy) is 1. The number of hydrazine groups is 1. The number of aryl methyl sites for hydroxylation is 2. The minimum absolute atomic E-state index is 0.138. The zero-order valence-corrected chi connectivity index (χ0v) is 20.5. The molecule has 2 amide bonds. The van der Waals surface area contributed by atoms with E-state index in [1.54, 1.807) is 13.0 Å².